The molecule has 3 aliphatic rings. The van der Waals surface area contributed by atoms with E-state index in [2.05, 4.69) is 76.6 Å². The topological polar surface area (TPSA) is 56.8 Å². The van der Waals surface area contributed by atoms with Crippen LogP contribution >= 0.6 is 0 Å². The molecule has 3 aliphatic heterocycles. The molecule has 0 aliphatic carbocycles. The van der Waals surface area contributed by atoms with Gasteiger partial charge in [-0.2, -0.15) is 9.97 Å². The van der Waals surface area contributed by atoms with Gasteiger partial charge < -0.3 is 24.8 Å². The van der Waals surface area contributed by atoms with Gasteiger partial charge in [-0.25, -0.2) is 0 Å². The average Bonchev–Trinajstić information content (AvgIpc) is 2.91. The lowest BCUT2D eigenvalue weighted by Crippen LogP contribution is -2.52. The molecular weight excluding hydrogens is 460 g/mol. The van der Waals surface area contributed by atoms with Gasteiger partial charge in [0.15, 0.2) is 0 Å². The van der Waals surface area contributed by atoms with Gasteiger partial charge in [0.05, 0.1) is 12.2 Å². The van der Waals surface area contributed by atoms with Crippen LogP contribution in [0.3, 0.4) is 0 Å². The molecular formula is C30H40N6O. The molecule has 2 bridgehead atoms. The second kappa shape index (κ2) is 10.8. The molecule has 196 valence electrons. The van der Waals surface area contributed by atoms with Crippen LogP contribution in [0.2, 0.25) is 0 Å². The maximum absolute atomic E-state index is 6.57. The number of hydrogen-bond acceptors (Lipinski definition) is 7. The van der Waals surface area contributed by atoms with Gasteiger partial charge in [0.25, 0.3) is 0 Å². The van der Waals surface area contributed by atoms with E-state index in [0.29, 0.717) is 12.1 Å². The Morgan fingerprint density at radius 1 is 1.00 bits per heavy atom. The lowest BCUT2D eigenvalue weighted by atomic mass is 9.99. The summed E-state index contributed by atoms with van der Waals surface area (Å²) in [7, 11) is 4.23. The summed E-state index contributed by atoms with van der Waals surface area (Å²) in [5, 5.41) is 6.21. The molecule has 4 heterocycles. The molecule has 1 saturated heterocycles. The van der Waals surface area contributed by atoms with Crippen molar-refractivity contribution in [3.8, 4) is 6.01 Å². The number of rotatable bonds is 3. The highest BCUT2D eigenvalue weighted by Gasteiger charge is 2.31. The molecule has 3 aromatic rings. The molecule has 0 radical (unpaired) electrons. The summed E-state index contributed by atoms with van der Waals surface area (Å²) in [6, 6.07) is 16.3. The fraction of sp³-hybridized carbons (Fsp3) is 0.533. The van der Waals surface area contributed by atoms with Crippen molar-refractivity contribution in [3.63, 3.8) is 0 Å². The normalized spacial score (nSPS) is 22.6. The first-order valence-corrected chi connectivity index (χ1v) is 14.1. The molecule has 1 aromatic heterocycles. The summed E-state index contributed by atoms with van der Waals surface area (Å²) in [4.78, 5) is 17.5. The Morgan fingerprint density at radius 2 is 1.86 bits per heavy atom. The second-order valence-electron chi connectivity index (χ2n) is 11.1. The minimum absolute atomic E-state index is 0.108. The maximum Gasteiger partial charge on any atom is 0.318 e. The Hall–Kier alpha value is -2.90. The molecule has 2 unspecified atom stereocenters. The zero-order chi connectivity index (χ0) is 25.2. The van der Waals surface area contributed by atoms with Crippen molar-refractivity contribution in [2.24, 2.45) is 0 Å². The highest BCUT2D eigenvalue weighted by atomic mass is 16.5. The SMILES string of the molecule is CN(C)CC1CCCCCC2CNCCN2c2nc(nc3c2CCN(c2cccc4ccccc24)C3)O1. The molecule has 1 fully saturated rings. The number of hydrogen-bond donors (Lipinski definition) is 1. The van der Waals surface area contributed by atoms with Crippen LogP contribution in [0.5, 0.6) is 6.01 Å². The van der Waals surface area contributed by atoms with Crippen LogP contribution in [0.4, 0.5) is 11.5 Å². The summed E-state index contributed by atoms with van der Waals surface area (Å²) in [6.07, 6.45) is 7.01. The van der Waals surface area contributed by atoms with Gasteiger partial charge in [-0.05, 0) is 51.2 Å². The van der Waals surface area contributed by atoms with E-state index in [-0.39, 0.29) is 6.10 Å². The monoisotopic (exact) mass is 500 g/mol. The molecule has 0 saturated carbocycles. The Balaban J connectivity index is 1.39. The van der Waals surface area contributed by atoms with Gasteiger partial charge in [0.1, 0.15) is 11.9 Å². The predicted octanol–water partition coefficient (Wildman–Crippen LogP) is 4.24. The van der Waals surface area contributed by atoms with E-state index in [1.54, 1.807) is 0 Å². The smallest absolute Gasteiger partial charge is 0.318 e. The largest absolute Gasteiger partial charge is 0.459 e. The molecule has 1 N–H and O–H groups in total. The molecule has 6 rings (SSSR count). The van der Waals surface area contributed by atoms with Gasteiger partial charge >= 0.3 is 6.01 Å². The van der Waals surface area contributed by atoms with Crippen molar-refractivity contribution in [2.75, 3.05) is 56.6 Å². The number of piperazine rings is 1. The standard InChI is InChI=1S/C30H40N6O/c1-34(2)20-24-12-5-3-4-11-23-19-31-16-18-36(23)29-26-15-17-35(21-27(26)32-30(33-29)37-24)28-14-8-10-22-9-6-7-13-25(22)28/h6-10,13-14,23-24,31H,3-5,11-12,15-21H2,1-2H3. The van der Waals surface area contributed by atoms with Crippen LogP contribution in [0, 0.1) is 0 Å². The number of nitrogens with one attached hydrogen (secondary N) is 1. The summed E-state index contributed by atoms with van der Waals surface area (Å²) in [5.74, 6) is 1.12. The first-order chi connectivity index (χ1) is 18.2. The van der Waals surface area contributed by atoms with Gasteiger partial charge in [-0.15, -0.1) is 0 Å². The van der Waals surface area contributed by atoms with E-state index in [1.165, 1.54) is 47.7 Å². The van der Waals surface area contributed by atoms with E-state index in [4.69, 9.17) is 14.7 Å². The van der Waals surface area contributed by atoms with Crippen molar-refractivity contribution in [1.82, 2.24) is 20.2 Å². The maximum atomic E-state index is 6.57. The molecule has 37 heavy (non-hydrogen) atoms. The molecule has 0 spiro atoms. The third-order valence-electron chi connectivity index (χ3n) is 8.16. The van der Waals surface area contributed by atoms with E-state index in [9.17, 15) is 0 Å². The van der Waals surface area contributed by atoms with E-state index >= 15 is 0 Å². The number of anilines is 2. The molecule has 2 atom stereocenters. The summed E-state index contributed by atoms with van der Waals surface area (Å²) < 4.78 is 6.57. The number of benzene rings is 2. The minimum Gasteiger partial charge on any atom is -0.459 e. The van der Waals surface area contributed by atoms with E-state index in [0.717, 1.165) is 63.6 Å². The van der Waals surface area contributed by atoms with Crippen LogP contribution in [0.25, 0.3) is 10.8 Å². The van der Waals surface area contributed by atoms with Crippen molar-refractivity contribution < 1.29 is 4.74 Å². The van der Waals surface area contributed by atoms with Crippen LogP contribution < -0.4 is 19.9 Å². The zero-order valence-corrected chi connectivity index (χ0v) is 22.3. The highest BCUT2D eigenvalue weighted by Crippen LogP contribution is 2.35. The Labute approximate surface area is 220 Å². The number of ether oxygens (including phenoxy) is 1. The van der Waals surface area contributed by atoms with Crippen molar-refractivity contribution in [1.29, 1.82) is 0 Å². The van der Waals surface area contributed by atoms with Gasteiger partial charge in [-0.1, -0.05) is 49.2 Å². The van der Waals surface area contributed by atoms with Crippen molar-refractivity contribution in [2.45, 2.75) is 57.2 Å². The Bertz CT molecular complexity index is 1220. The van der Waals surface area contributed by atoms with Gasteiger partial charge in [0.2, 0.25) is 0 Å². The van der Waals surface area contributed by atoms with E-state index < -0.39 is 0 Å². The van der Waals surface area contributed by atoms with E-state index in [1.807, 2.05) is 0 Å². The van der Waals surface area contributed by atoms with Crippen molar-refractivity contribution >= 4 is 22.3 Å². The average molecular weight is 501 g/mol. The number of fused-ring (bicyclic) bond motifs is 7. The first kappa shape index (κ1) is 24.4. The summed E-state index contributed by atoms with van der Waals surface area (Å²) in [5.41, 5.74) is 3.72. The fourth-order valence-corrected chi connectivity index (χ4v) is 6.34. The van der Waals surface area contributed by atoms with Gasteiger partial charge in [-0.3, -0.25) is 0 Å². The molecule has 7 nitrogen and oxygen atoms in total. The Kier molecular flexibility index (Phi) is 7.16. The molecule has 0 amide bonds. The lowest BCUT2D eigenvalue weighted by molar-refractivity contribution is 0.135. The third kappa shape index (κ3) is 5.25. The van der Waals surface area contributed by atoms with Crippen LogP contribution in [-0.2, 0) is 13.0 Å². The van der Waals surface area contributed by atoms with Crippen LogP contribution in [0.1, 0.15) is 43.4 Å². The third-order valence-corrected chi connectivity index (χ3v) is 8.16. The summed E-state index contributed by atoms with van der Waals surface area (Å²) >= 11 is 0. The number of aromatic nitrogens is 2. The second-order valence-corrected chi connectivity index (χ2v) is 11.1. The van der Waals surface area contributed by atoms with Crippen LogP contribution in [-0.4, -0.2) is 73.8 Å². The molecule has 7 heteroatoms. The highest BCUT2D eigenvalue weighted by molar-refractivity contribution is 5.94. The first-order valence-electron chi connectivity index (χ1n) is 14.1. The zero-order valence-electron chi connectivity index (χ0n) is 22.3. The fourth-order valence-electron chi connectivity index (χ4n) is 6.34. The molecule has 2 aromatic carbocycles. The Morgan fingerprint density at radius 3 is 2.78 bits per heavy atom. The number of nitrogens with zero attached hydrogens (tertiary/aromatic N) is 5. The quantitative estimate of drug-likeness (QED) is 0.577. The predicted molar refractivity (Wildman–Crippen MR) is 151 cm³/mol. The van der Waals surface area contributed by atoms with Crippen LogP contribution in [0.15, 0.2) is 42.5 Å². The number of likely N-dealkylation sites (N-methyl/N-ethyl adjacent to an activating group) is 1. The summed E-state index contributed by atoms with van der Waals surface area (Å²) in [6.45, 7) is 5.65. The van der Waals surface area contributed by atoms with Gasteiger partial charge in [0, 0.05) is 55.4 Å². The van der Waals surface area contributed by atoms with Crippen molar-refractivity contribution in [3.05, 3.63) is 53.7 Å². The minimum atomic E-state index is 0.108. The lowest BCUT2D eigenvalue weighted by Gasteiger charge is -2.40.